The van der Waals surface area contributed by atoms with Crippen LogP contribution in [0.4, 0.5) is 0 Å². The van der Waals surface area contributed by atoms with E-state index in [0.29, 0.717) is 0 Å². The molecule has 86 valence electrons. The fourth-order valence-corrected chi connectivity index (χ4v) is 2.48. The maximum Gasteiger partial charge on any atom is 0.00724 e. The largest absolute Gasteiger partial charge is 0.126 e. The summed E-state index contributed by atoms with van der Waals surface area (Å²) in [5, 5.41) is 0. The Hall–Kier alpha value is -1.47. The van der Waals surface area contributed by atoms with Gasteiger partial charge in [-0.2, -0.15) is 0 Å². The van der Waals surface area contributed by atoms with E-state index in [1.807, 2.05) is 23.9 Å². The highest BCUT2D eigenvalue weighted by molar-refractivity contribution is 7.99. The maximum absolute atomic E-state index is 3.73. The first-order chi connectivity index (χ1) is 8.40. The van der Waals surface area contributed by atoms with Crippen LogP contribution in [-0.2, 0) is 0 Å². The Balaban J connectivity index is 2.05. The molecule has 0 aromatic heterocycles. The molecule has 0 aliphatic carbocycles. The van der Waals surface area contributed by atoms with Crippen LogP contribution in [0.3, 0.4) is 0 Å². The third-order valence-corrected chi connectivity index (χ3v) is 3.60. The van der Waals surface area contributed by atoms with Crippen molar-refractivity contribution in [3.63, 3.8) is 0 Å². The standard InChI is InChI=1S/C16H16S/c1-2-3-13-17-16-11-9-15(10-12-16)14-7-5-4-6-8-14/h2,4-12H,1,3,13H2. The minimum atomic E-state index is 1.06. The van der Waals surface area contributed by atoms with Crippen molar-refractivity contribution >= 4 is 11.8 Å². The predicted molar refractivity (Wildman–Crippen MR) is 77.4 cm³/mol. The van der Waals surface area contributed by atoms with Gasteiger partial charge in [0.25, 0.3) is 0 Å². The molecule has 2 aromatic carbocycles. The van der Waals surface area contributed by atoms with Gasteiger partial charge >= 0.3 is 0 Å². The first kappa shape index (κ1) is 12.0. The summed E-state index contributed by atoms with van der Waals surface area (Å²) in [7, 11) is 0. The second-order valence-electron chi connectivity index (χ2n) is 3.82. The normalized spacial score (nSPS) is 10.1. The van der Waals surface area contributed by atoms with Crippen molar-refractivity contribution in [2.45, 2.75) is 11.3 Å². The topological polar surface area (TPSA) is 0 Å². The fraction of sp³-hybridized carbons (Fsp3) is 0.125. The van der Waals surface area contributed by atoms with Crippen LogP contribution in [0.15, 0.2) is 72.1 Å². The Morgan fingerprint density at radius 3 is 2.18 bits per heavy atom. The Labute approximate surface area is 107 Å². The van der Waals surface area contributed by atoms with Crippen LogP contribution in [-0.4, -0.2) is 5.75 Å². The molecule has 0 fully saturated rings. The Bertz CT molecular complexity index is 457. The lowest BCUT2D eigenvalue weighted by Gasteiger charge is -2.03. The third kappa shape index (κ3) is 3.50. The van der Waals surface area contributed by atoms with Gasteiger partial charge in [-0.25, -0.2) is 0 Å². The van der Waals surface area contributed by atoms with E-state index < -0.39 is 0 Å². The van der Waals surface area contributed by atoms with E-state index >= 15 is 0 Å². The van der Waals surface area contributed by atoms with Gasteiger partial charge in [-0.3, -0.25) is 0 Å². The molecule has 0 N–H and O–H groups in total. The van der Waals surface area contributed by atoms with Crippen molar-refractivity contribution in [1.29, 1.82) is 0 Å². The molecule has 17 heavy (non-hydrogen) atoms. The SMILES string of the molecule is C=CCCSc1ccc(-c2ccccc2)cc1. The number of hydrogen-bond acceptors (Lipinski definition) is 1. The molecule has 0 nitrogen and oxygen atoms in total. The van der Waals surface area contributed by atoms with Crippen LogP contribution in [0.2, 0.25) is 0 Å². The second-order valence-corrected chi connectivity index (χ2v) is 4.98. The molecule has 2 rings (SSSR count). The van der Waals surface area contributed by atoms with Crippen molar-refractivity contribution in [3.8, 4) is 11.1 Å². The number of allylic oxidation sites excluding steroid dienone is 1. The highest BCUT2D eigenvalue weighted by Gasteiger charge is 1.97. The summed E-state index contributed by atoms with van der Waals surface area (Å²) >= 11 is 1.88. The van der Waals surface area contributed by atoms with Crippen molar-refractivity contribution in [2.75, 3.05) is 5.75 Å². The van der Waals surface area contributed by atoms with E-state index in [2.05, 4.69) is 55.1 Å². The lowest BCUT2D eigenvalue weighted by molar-refractivity contribution is 1.24. The summed E-state index contributed by atoms with van der Waals surface area (Å²) in [6, 6.07) is 19.2. The quantitative estimate of drug-likeness (QED) is 0.401. The third-order valence-electron chi connectivity index (χ3n) is 2.55. The molecule has 1 heteroatoms. The van der Waals surface area contributed by atoms with Crippen LogP contribution < -0.4 is 0 Å². The Morgan fingerprint density at radius 2 is 1.53 bits per heavy atom. The van der Waals surface area contributed by atoms with Crippen LogP contribution in [0.25, 0.3) is 11.1 Å². The molecule has 0 aliphatic heterocycles. The number of thioether (sulfide) groups is 1. The highest BCUT2D eigenvalue weighted by atomic mass is 32.2. The van der Waals surface area contributed by atoms with Crippen molar-refractivity contribution < 1.29 is 0 Å². The molecule has 0 spiro atoms. The zero-order valence-corrected chi connectivity index (χ0v) is 10.6. The second kappa shape index (κ2) is 6.31. The number of benzene rings is 2. The molecule has 0 saturated carbocycles. The smallest absolute Gasteiger partial charge is 0.00724 e. The molecule has 2 aromatic rings. The molecule has 0 aliphatic rings. The number of hydrogen-bond donors (Lipinski definition) is 0. The lowest BCUT2D eigenvalue weighted by atomic mass is 10.1. The molecular weight excluding hydrogens is 224 g/mol. The van der Waals surface area contributed by atoms with Crippen LogP contribution >= 0.6 is 11.8 Å². The monoisotopic (exact) mass is 240 g/mol. The molecule has 0 heterocycles. The minimum Gasteiger partial charge on any atom is -0.126 e. The molecule has 0 bridgehead atoms. The van der Waals surface area contributed by atoms with Gasteiger partial charge in [-0.15, -0.1) is 18.3 Å². The van der Waals surface area contributed by atoms with E-state index in [1.165, 1.54) is 16.0 Å². The molecular formula is C16H16S. The van der Waals surface area contributed by atoms with Crippen molar-refractivity contribution in [2.24, 2.45) is 0 Å². The number of rotatable bonds is 5. The Kier molecular flexibility index (Phi) is 4.45. The average Bonchev–Trinajstić information content (AvgIpc) is 2.41. The van der Waals surface area contributed by atoms with Gasteiger partial charge in [-0.1, -0.05) is 48.5 Å². The molecule has 0 saturated heterocycles. The van der Waals surface area contributed by atoms with Crippen LogP contribution in [0, 0.1) is 0 Å². The molecule has 0 unspecified atom stereocenters. The van der Waals surface area contributed by atoms with Crippen LogP contribution in [0.1, 0.15) is 6.42 Å². The van der Waals surface area contributed by atoms with Crippen molar-refractivity contribution in [3.05, 3.63) is 67.3 Å². The molecule has 0 atom stereocenters. The predicted octanol–water partition coefficient (Wildman–Crippen LogP) is 5.02. The van der Waals surface area contributed by atoms with Gasteiger partial charge in [0.1, 0.15) is 0 Å². The lowest BCUT2D eigenvalue weighted by Crippen LogP contribution is -1.79. The summed E-state index contributed by atoms with van der Waals surface area (Å²) < 4.78 is 0. The Morgan fingerprint density at radius 1 is 0.882 bits per heavy atom. The van der Waals surface area contributed by atoms with Gasteiger partial charge in [-0.05, 0) is 29.7 Å². The van der Waals surface area contributed by atoms with E-state index in [9.17, 15) is 0 Å². The molecule has 0 radical (unpaired) electrons. The van der Waals surface area contributed by atoms with E-state index in [0.717, 1.165) is 12.2 Å². The average molecular weight is 240 g/mol. The van der Waals surface area contributed by atoms with Gasteiger partial charge in [0, 0.05) is 10.6 Å². The summed E-state index contributed by atoms with van der Waals surface area (Å²) in [4.78, 5) is 1.33. The van der Waals surface area contributed by atoms with Crippen molar-refractivity contribution in [1.82, 2.24) is 0 Å². The first-order valence-electron chi connectivity index (χ1n) is 5.79. The summed E-state index contributed by atoms with van der Waals surface area (Å²) in [6.07, 6.45) is 3.02. The molecule has 0 amide bonds. The fourth-order valence-electron chi connectivity index (χ4n) is 1.63. The van der Waals surface area contributed by atoms with Gasteiger partial charge in [0.15, 0.2) is 0 Å². The first-order valence-corrected chi connectivity index (χ1v) is 6.78. The summed E-state index contributed by atoms with van der Waals surface area (Å²) in [6.45, 7) is 3.73. The van der Waals surface area contributed by atoms with E-state index in [1.54, 1.807) is 0 Å². The van der Waals surface area contributed by atoms with Gasteiger partial charge in [0.05, 0.1) is 0 Å². The highest BCUT2D eigenvalue weighted by Crippen LogP contribution is 2.24. The van der Waals surface area contributed by atoms with Gasteiger partial charge < -0.3 is 0 Å². The zero-order chi connectivity index (χ0) is 11.9. The minimum absolute atomic E-state index is 1.06. The van der Waals surface area contributed by atoms with E-state index in [4.69, 9.17) is 0 Å². The van der Waals surface area contributed by atoms with Crippen LogP contribution in [0.5, 0.6) is 0 Å². The zero-order valence-electron chi connectivity index (χ0n) is 9.80. The van der Waals surface area contributed by atoms with Gasteiger partial charge in [0.2, 0.25) is 0 Å². The summed E-state index contributed by atoms with van der Waals surface area (Å²) in [5.41, 5.74) is 2.55. The summed E-state index contributed by atoms with van der Waals surface area (Å²) in [5.74, 6) is 1.11. The maximum atomic E-state index is 3.73. The van der Waals surface area contributed by atoms with E-state index in [-0.39, 0.29) is 0 Å².